The number of allylic oxidation sites excluding steroid dienone is 2. The zero-order valence-electron chi connectivity index (χ0n) is 23.2. The van der Waals surface area contributed by atoms with E-state index in [2.05, 4.69) is 35.5 Å². The molecule has 0 unspecified atom stereocenters. The van der Waals surface area contributed by atoms with E-state index in [0.29, 0.717) is 35.6 Å². The molecule has 4 aliphatic carbocycles. The van der Waals surface area contributed by atoms with Crippen molar-refractivity contribution >= 4 is 6.09 Å². The highest BCUT2D eigenvalue weighted by Crippen LogP contribution is 2.67. The number of piperazine rings is 1. The largest absolute Gasteiger partial charge is 0.446 e. The SMILES string of the molecule is C[C@]12CC[C@H](OC(=O)NCCN3CCNCC3)C[C@H]1CC[C@H]1C3=CC[C@H](c4ccc(=O)oc4)[C@@]3(C)CC[C@@H]12. The van der Waals surface area contributed by atoms with E-state index < -0.39 is 0 Å². The van der Waals surface area contributed by atoms with Crippen LogP contribution in [0.1, 0.15) is 76.7 Å². The summed E-state index contributed by atoms with van der Waals surface area (Å²) in [4.78, 5) is 26.5. The number of hydrogen-bond acceptors (Lipinski definition) is 6. The molecule has 7 atom stereocenters. The number of rotatable bonds is 5. The molecular weight excluding hydrogens is 478 g/mol. The molecule has 4 fully saturated rings. The van der Waals surface area contributed by atoms with Crippen molar-refractivity contribution in [3.63, 3.8) is 0 Å². The Hall–Kier alpha value is -2.12. The lowest BCUT2D eigenvalue weighted by Crippen LogP contribution is -2.52. The molecule has 1 aromatic heterocycles. The molecule has 1 saturated heterocycles. The number of hydrogen-bond donors (Lipinski definition) is 2. The Balaban J connectivity index is 1.05. The first-order valence-electron chi connectivity index (χ1n) is 15.0. The minimum absolute atomic E-state index is 0.0421. The number of nitrogens with one attached hydrogen (secondary N) is 2. The summed E-state index contributed by atoms with van der Waals surface area (Å²) in [5, 5.41) is 6.36. The van der Waals surface area contributed by atoms with Crippen LogP contribution >= 0.6 is 0 Å². The maximum Gasteiger partial charge on any atom is 0.407 e. The molecule has 3 saturated carbocycles. The van der Waals surface area contributed by atoms with Gasteiger partial charge in [0.15, 0.2) is 0 Å². The molecule has 2 heterocycles. The Morgan fingerprint density at radius 1 is 1.16 bits per heavy atom. The minimum atomic E-state index is -0.271. The molecule has 38 heavy (non-hydrogen) atoms. The quantitative estimate of drug-likeness (QED) is 0.545. The number of amides is 1. The van der Waals surface area contributed by atoms with E-state index >= 15 is 0 Å². The van der Waals surface area contributed by atoms with Gasteiger partial charge in [-0.05, 0) is 97.5 Å². The van der Waals surface area contributed by atoms with Crippen LogP contribution in [-0.4, -0.2) is 56.4 Å². The summed E-state index contributed by atoms with van der Waals surface area (Å²) in [5.74, 6) is 2.40. The molecule has 7 nitrogen and oxygen atoms in total. The molecule has 1 aliphatic heterocycles. The van der Waals surface area contributed by atoms with Crippen molar-refractivity contribution < 1.29 is 13.9 Å². The second-order valence-electron chi connectivity index (χ2n) is 13.1. The smallest absolute Gasteiger partial charge is 0.407 e. The number of nitrogens with zero attached hydrogens (tertiary/aromatic N) is 1. The van der Waals surface area contributed by atoms with Gasteiger partial charge in [-0.15, -0.1) is 0 Å². The normalized spacial score (nSPS) is 38.9. The average Bonchev–Trinajstić information content (AvgIpc) is 3.27. The first-order valence-corrected chi connectivity index (χ1v) is 15.0. The van der Waals surface area contributed by atoms with Crippen molar-refractivity contribution in [1.29, 1.82) is 0 Å². The molecule has 2 N–H and O–H groups in total. The lowest BCUT2D eigenvalue weighted by Gasteiger charge is -2.59. The average molecular weight is 524 g/mol. The predicted octanol–water partition coefficient (Wildman–Crippen LogP) is 4.69. The summed E-state index contributed by atoms with van der Waals surface area (Å²) in [6.45, 7) is 10.7. The third-order valence-electron chi connectivity index (χ3n) is 11.3. The van der Waals surface area contributed by atoms with Crippen LogP contribution in [-0.2, 0) is 4.74 Å². The third-order valence-corrected chi connectivity index (χ3v) is 11.3. The fourth-order valence-corrected chi connectivity index (χ4v) is 9.17. The molecule has 1 aromatic rings. The highest BCUT2D eigenvalue weighted by Gasteiger charge is 2.58. The predicted molar refractivity (Wildman–Crippen MR) is 147 cm³/mol. The summed E-state index contributed by atoms with van der Waals surface area (Å²) in [6.07, 6.45) is 13.1. The second-order valence-corrected chi connectivity index (χ2v) is 13.1. The van der Waals surface area contributed by atoms with Crippen molar-refractivity contribution in [1.82, 2.24) is 15.5 Å². The summed E-state index contributed by atoms with van der Waals surface area (Å²) in [6, 6.07) is 3.55. The van der Waals surface area contributed by atoms with Crippen LogP contribution in [0.25, 0.3) is 0 Å². The molecule has 0 radical (unpaired) electrons. The zero-order chi connectivity index (χ0) is 26.3. The summed E-state index contributed by atoms with van der Waals surface area (Å²) >= 11 is 0. The Labute approximate surface area is 226 Å². The minimum Gasteiger partial charge on any atom is -0.446 e. The summed E-state index contributed by atoms with van der Waals surface area (Å²) in [5.41, 5.74) is 3.05. The van der Waals surface area contributed by atoms with Crippen LogP contribution in [0.5, 0.6) is 0 Å². The molecule has 5 aliphatic rings. The number of alkyl carbamates (subject to hydrolysis) is 1. The number of carbonyl (C=O) groups is 1. The fourth-order valence-electron chi connectivity index (χ4n) is 9.17. The first kappa shape index (κ1) is 26.1. The molecule has 208 valence electrons. The third kappa shape index (κ3) is 4.74. The van der Waals surface area contributed by atoms with Crippen molar-refractivity contribution in [3.05, 3.63) is 46.0 Å². The van der Waals surface area contributed by atoms with E-state index in [-0.39, 0.29) is 23.2 Å². The van der Waals surface area contributed by atoms with Gasteiger partial charge in [0.1, 0.15) is 6.10 Å². The van der Waals surface area contributed by atoms with Crippen LogP contribution in [0.3, 0.4) is 0 Å². The van der Waals surface area contributed by atoms with Gasteiger partial charge in [0.25, 0.3) is 0 Å². The van der Waals surface area contributed by atoms with E-state index in [0.717, 1.165) is 58.4 Å². The maximum absolute atomic E-state index is 12.6. The second kappa shape index (κ2) is 10.5. The van der Waals surface area contributed by atoms with Crippen molar-refractivity contribution in [2.75, 3.05) is 39.3 Å². The Bertz CT molecular complexity index is 1090. The molecule has 0 spiro atoms. The van der Waals surface area contributed by atoms with E-state index in [1.165, 1.54) is 31.2 Å². The summed E-state index contributed by atoms with van der Waals surface area (Å²) in [7, 11) is 0. The van der Waals surface area contributed by atoms with Crippen molar-refractivity contribution in [3.8, 4) is 0 Å². The van der Waals surface area contributed by atoms with E-state index in [9.17, 15) is 9.59 Å². The van der Waals surface area contributed by atoms with Crippen LogP contribution in [0, 0.1) is 28.6 Å². The molecule has 0 aromatic carbocycles. The zero-order valence-corrected chi connectivity index (χ0v) is 23.2. The standard InChI is InChI=1S/C31H45N3O4/c1-30-11-9-23(38-29(36)33-15-18-34-16-13-32-14-17-34)19-22(30)4-5-24-26-7-6-25(21-3-8-28(35)37-20-21)31(26,2)12-10-27(24)30/h3,7-8,20,22-25,27,32H,4-6,9-19H2,1-2H3,(H,33,36)/t22-,23+,24+,25-,27+,30+,31-/m1/s1. The Kier molecular flexibility index (Phi) is 7.19. The van der Waals surface area contributed by atoms with Gasteiger partial charge in [-0.25, -0.2) is 9.59 Å². The van der Waals surface area contributed by atoms with Gasteiger partial charge in [-0.1, -0.05) is 25.5 Å². The number of ether oxygens (including phenoxy) is 1. The van der Waals surface area contributed by atoms with E-state index in [1.807, 2.05) is 6.07 Å². The van der Waals surface area contributed by atoms with Gasteiger partial charge in [0.2, 0.25) is 0 Å². The first-order chi connectivity index (χ1) is 18.4. The van der Waals surface area contributed by atoms with Crippen LogP contribution < -0.4 is 16.3 Å². The lowest BCUT2D eigenvalue weighted by molar-refractivity contribution is -0.0842. The maximum atomic E-state index is 12.6. The van der Waals surface area contributed by atoms with Crippen LogP contribution in [0.4, 0.5) is 4.79 Å². The number of carbonyl (C=O) groups excluding carboxylic acids is 1. The van der Waals surface area contributed by atoms with E-state index in [1.54, 1.807) is 17.9 Å². The Morgan fingerprint density at radius 3 is 2.79 bits per heavy atom. The Morgan fingerprint density at radius 2 is 2.00 bits per heavy atom. The molecule has 6 rings (SSSR count). The number of fused-ring (bicyclic) bond motifs is 5. The van der Waals surface area contributed by atoms with Crippen molar-refractivity contribution in [2.24, 2.45) is 28.6 Å². The molecule has 0 bridgehead atoms. The van der Waals surface area contributed by atoms with Gasteiger partial charge in [0.05, 0.1) is 6.26 Å². The van der Waals surface area contributed by atoms with Crippen LogP contribution in [0.2, 0.25) is 0 Å². The molecular formula is C31H45N3O4. The van der Waals surface area contributed by atoms with Gasteiger partial charge >= 0.3 is 11.7 Å². The highest BCUT2D eigenvalue weighted by atomic mass is 16.6. The van der Waals surface area contributed by atoms with Gasteiger partial charge < -0.3 is 19.8 Å². The van der Waals surface area contributed by atoms with Crippen LogP contribution in [0.15, 0.2) is 39.3 Å². The highest BCUT2D eigenvalue weighted by molar-refractivity contribution is 5.67. The molecule has 1 amide bonds. The molecule has 7 heteroatoms. The fraction of sp³-hybridized carbons (Fsp3) is 0.742. The summed E-state index contributed by atoms with van der Waals surface area (Å²) < 4.78 is 11.2. The van der Waals surface area contributed by atoms with Crippen molar-refractivity contribution in [2.45, 2.75) is 77.2 Å². The van der Waals surface area contributed by atoms with Gasteiger partial charge in [0, 0.05) is 45.3 Å². The van der Waals surface area contributed by atoms with Gasteiger partial charge in [-0.3, -0.25) is 4.90 Å². The topological polar surface area (TPSA) is 83.8 Å². The van der Waals surface area contributed by atoms with Gasteiger partial charge in [-0.2, -0.15) is 0 Å². The monoisotopic (exact) mass is 523 g/mol. The van der Waals surface area contributed by atoms with E-state index in [4.69, 9.17) is 9.15 Å². The lowest BCUT2D eigenvalue weighted by atomic mass is 9.46.